The van der Waals surface area contributed by atoms with E-state index in [1.807, 2.05) is 0 Å². The summed E-state index contributed by atoms with van der Waals surface area (Å²) in [6, 6.07) is 0. The van der Waals surface area contributed by atoms with E-state index in [1.54, 1.807) is 43.8 Å². The number of fused-ring (bicyclic) bond motifs is 4. The summed E-state index contributed by atoms with van der Waals surface area (Å²) in [4.78, 5) is 0. The molecule has 7 aromatic rings. The second kappa shape index (κ2) is 21.1. The first-order chi connectivity index (χ1) is 34.0. The van der Waals surface area contributed by atoms with Crippen LogP contribution in [0.25, 0.3) is 65.3 Å². The van der Waals surface area contributed by atoms with Crippen molar-refractivity contribution >= 4 is 230 Å². The van der Waals surface area contributed by atoms with E-state index in [9.17, 15) is 0 Å². The van der Waals surface area contributed by atoms with E-state index in [2.05, 4.69) is 211 Å². The predicted molar refractivity (Wildman–Crippen MR) is 390 cm³/mol. The van der Waals surface area contributed by atoms with Crippen LogP contribution in [0.4, 0.5) is 0 Å². The maximum Gasteiger partial charge on any atom is 0.139 e. The molecule has 348 valence electrons. The molecule has 0 bridgehead atoms. The first-order valence-corrected chi connectivity index (χ1v) is 29.1. The summed E-state index contributed by atoms with van der Waals surface area (Å²) in [6.45, 7) is 42.7. The molecule has 0 aromatic heterocycles. The fraction of sp³-hybridized carbons (Fsp3) is 0.333. The Balaban J connectivity index is 1.84. The van der Waals surface area contributed by atoms with Gasteiger partial charge in [-0.05, 0) is 272 Å². The molecule has 73 heavy (non-hydrogen) atoms. The normalized spacial score (nSPS) is 11.5. The van der Waals surface area contributed by atoms with E-state index < -0.39 is 0 Å². The van der Waals surface area contributed by atoms with Crippen molar-refractivity contribution in [2.75, 3.05) is 0 Å². The molecule has 0 N–H and O–H groups in total. The van der Waals surface area contributed by atoms with Gasteiger partial charge in [0.2, 0.25) is 0 Å². The second-order valence-electron chi connectivity index (χ2n) is 25.3. The molecule has 0 radical (unpaired) electrons. The molecule has 0 aliphatic rings. The summed E-state index contributed by atoms with van der Waals surface area (Å²) in [5, 5.41) is 11.9. The van der Waals surface area contributed by atoms with Crippen LogP contribution < -0.4 is 27.3 Å². The fourth-order valence-electron chi connectivity index (χ4n) is 15.7. The Morgan fingerprint density at radius 3 is 0.973 bits per heavy atom. The zero-order valence-corrected chi connectivity index (χ0v) is 52.2. The van der Waals surface area contributed by atoms with Crippen LogP contribution in [-0.2, 0) is 0 Å². The van der Waals surface area contributed by atoms with Crippen LogP contribution in [-0.4, -0.2) is 159 Å². The van der Waals surface area contributed by atoms with Gasteiger partial charge in [-0.1, -0.05) is 27.4 Å². The van der Waals surface area contributed by atoms with Crippen molar-refractivity contribution in [1.29, 1.82) is 0 Å². The Hall–Kier alpha value is -2.99. The predicted octanol–water partition coefficient (Wildman–Crippen LogP) is -4.86. The minimum Gasteiger partial charge on any atom is -0.102 e. The van der Waals surface area contributed by atoms with Gasteiger partial charge < -0.3 is 0 Å². The maximum absolute atomic E-state index is 2.56. The van der Waals surface area contributed by atoms with E-state index >= 15 is 0 Å². The fourth-order valence-corrected chi connectivity index (χ4v) is 15.7. The zero-order chi connectivity index (χ0) is 54.8. The third kappa shape index (κ3) is 8.49. The van der Waals surface area contributed by atoms with Crippen molar-refractivity contribution in [3.05, 3.63) is 94.6 Å². The van der Waals surface area contributed by atoms with Crippen LogP contribution in [0.15, 0.2) is 0 Å². The lowest BCUT2D eigenvalue weighted by Gasteiger charge is -2.37. The first-order valence-electron chi connectivity index (χ1n) is 29.1. The summed E-state index contributed by atoms with van der Waals surface area (Å²) in [5.74, 6) is 0. The topological polar surface area (TPSA) is 0 Å². The smallest absolute Gasteiger partial charge is 0.102 e. The Bertz CT molecular complexity index is 3470. The molecule has 7 rings (SSSR count). The molecular weight excluding hydrogens is 850 g/mol. The largest absolute Gasteiger partial charge is 0.139 e. The number of hydrogen-bond acceptors (Lipinski definition) is 0. The van der Waals surface area contributed by atoms with Crippen molar-refractivity contribution < 1.29 is 0 Å². The summed E-state index contributed by atoms with van der Waals surface area (Å²) in [7, 11) is 33.3. The van der Waals surface area contributed by atoms with Gasteiger partial charge in [-0.15, -0.1) is 5.46 Å². The van der Waals surface area contributed by atoms with Crippen LogP contribution in [0, 0.1) is 118 Å². The number of hydrogen-bond donors (Lipinski definition) is 0. The summed E-state index contributed by atoms with van der Waals surface area (Å²) in [5.41, 5.74) is 38.5. The van der Waals surface area contributed by atoms with Gasteiger partial charge in [-0.2, -0.15) is 0 Å². The van der Waals surface area contributed by atoms with Gasteiger partial charge in [0, 0.05) is 32.6 Å². The first kappa shape index (κ1) is 57.7. The molecule has 0 amide bonds. The van der Waals surface area contributed by atoms with Gasteiger partial charge in [-0.3, -0.25) is 0 Å². The van der Waals surface area contributed by atoms with E-state index in [4.69, 9.17) is 0 Å². The SMILES string of the molecule is BBB(B)B(B(B)B)c1c(B(B(B)B)B(B)B)c(C)c(C)c2c(B(B)BB)c(-c3c(C)c(C)c(C)c4c(C)c5c(-c6c(C)c(C)c(C)c7c(C)c(C)c(C)c(C)c67)c(C)c(C)c(C)c5c(C)c34)c(BB)c(B)c12. The average molecular weight is 929 g/mol. The molecule has 0 heterocycles. The molecule has 22 heteroatoms. The van der Waals surface area contributed by atoms with Crippen LogP contribution in [0.5, 0.6) is 0 Å². The Kier molecular flexibility index (Phi) is 16.7. The minimum absolute atomic E-state index is 0.364. The van der Waals surface area contributed by atoms with Gasteiger partial charge in [-0.25, -0.2) is 0 Å². The van der Waals surface area contributed by atoms with Crippen molar-refractivity contribution in [3.8, 4) is 22.3 Å². The molecule has 0 nitrogen and oxygen atoms in total. The lowest BCUT2D eigenvalue weighted by atomic mass is 8.67. The van der Waals surface area contributed by atoms with Crippen molar-refractivity contribution in [2.24, 2.45) is 0 Å². The Labute approximate surface area is 461 Å². The van der Waals surface area contributed by atoms with E-state index in [0.717, 1.165) is 14.2 Å². The van der Waals surface area contributed by atoms with E-state index in [1.165, 1.54) is 151 Å². The van der Waals surface area contributed by atoms with Crippen LogP contribution in [0.3, 0.4) is 0 Å². The molecule has 7 aromatic carbocycles. The minimum atomic E-state index is 0.364. The molecule has 0 atom stereocenters. The van der Waals surface area contributed by atoms with Gasteiger partial charge in [0.05, 0.1) is 112 Å². The van der Waals surface area contributed by atoms with Crippen molar-refractivity contribution in [3.63, 3.8) is 0 Å². The van der Waals surface area contributed by atoms with Gasteiger partial charge in [0.25, 0.3) is 0 Å². The van der Waals surface area contributed by atoms with E-state index in [0.29, 0.717) is 45.0 Å². The van der Waals surface area contributed by atoms with Gasteiger partial charge in [0.1, 0.15) is 15.0 Å². The third-order valence-electron chi connectivity index (χ3n) is 20.9. The quantitative estimate of drug-likeness (QED) is 0.0854. The standard InChI is InChI=1S/C51H78B22/c1-18-19(2)27(10)38-35(23(18)6)24(7)20(3)28(11)39(38)40-29(12)21(4)25(8)36-34(17)43-37(33(16)42(36)40)26(9)22(5)30(13)41(43)46-48(64-53)47(52)45-44(50(46)67(56)65-54)31(14)32(15)49(68(70(57)58)71(59)60)51(45)69(72(61)62)73(63)66-55/h64-66H,52-63H2,1-17H3. The van der Waals surface area contributed by atoms with Crippen LogP contribution in [0.1, 0.15) is 94.6 Å². The van der Waals surface area contributed by atoms with E-state index in [-0.39, 0.29) is 0 Å². The van der Waals surface area contributed by atoms with Crippen LogP contribution >= 0.6 is 0 Å². The summed E-state index contributed by atoms with van der Waals surface area (Å²) >= 11 is 0. The number of rotatable bonds is 12. The molecule has 0 unspecified atom stereocenters. The molecule has 0 saturated heterocycles. The monoisotopic (exact) mass is 933 g/mol. The zero-order valence-electron chi connectivity index (χ0n) is 52.2. The lowest BCUT2D eigenvalue weighted by Crippen LogP contribution is -2.72. The Morgan fingerprint density at radius 1 is 0.288 bits per heavy atom. The maximum atomic E-state index is 2.56. The third-order valence-corrected chi connectivity index (χ3v) is 20.9. The van der Waals surface area contributed by atoms with Crippen molar-refractivity contribution in [2.45, 2.75) is 118 Å². The molecular formula is C51H78B22. The Morgan fingerprint density at radius 2 is 0.616 bits per heavy atom. The molecule has 0 saturated carbocycles. The highest BCUT2D eigenvalue weighted by Crippen LogP contribution is 2.51. The highest BCUT2D eigenvalue weighted by molar-refractivity contribution is 7.89. The second-order valence-corrected chi connectivity index (χ2v) is 25.3. The van der Waals surface area contributed by atoms with Gasteiger partial charge >= 0.3 is 0 Å². The molecule has 0 fully saturated rings. The molecule has 0 spiro atoms. The molecule has 0 aliphatic carbocycles. The van der Waals surface area contributed by atoms with Crippen molar-refractivity contribution in [1.82, 2.24) is 0 Å². The van der Waals surface area contributed by atoms with Crippen LogP contribution in [0.2, 0.25) is 0 Å². The number of aryl methyl sites for hydroxylation is 8. The highest BCUT2D eigenvalue weighted by Gasteiger charge is 2.40. The summed E-state index contributed by atoms with van der Waals surface area (Å²) in [6.07, 6.45) is 2.17. The highest BCUT2D eigenvalue weighted by atomic mass is 14.3. The average Bonchev–Trinajstić information content (AvgIpc) is 3.33. The lowest BCUT2D eigenvalue weighted by molar-refractivity contribution is 1.22. The van der Waals surface area contributed by atoms with Gasteiger partial charge in [0.15, 0.2) is 0 Å². The molecule has 0 aliphatic heterocycles. The number of benzene rings is 7. The summed E-state index contributed by atoms with van der Waals surface area (Å²) < 4.78 is 0.